The quantitative estimate of drug-likeness (QED) is 0.809. The molecule has 92 valence electrons. The van der Waals surface area contributed by atoms with Gasteiger partial charge in [-0.25, -0.2) is 4.98 Å². The topological polar surface area (TPSA) is 31.4 Å². The van der Waals surface area contributed by atoms with Crippen molar-refractivity contribution in [2.75, 3.05) is 13.7 Å². The lowest BCUT2D eigenvalue weighted by atomic mass is 9.99. The lowest BCUT2D eigenvalue weighted by Gasteiger charge is -2.18. The molecule has 0 fully saturated rings. The van der Waals surface area contributed by atoms with Gasteiger partial charge in [-0.05, 0) is 48.2 Å². The van der Waals surface area contributed by atoms with Gasteiger partial charge < -0.3 is 9.47 Å². The molecule has 3 rings (SSSR count). The van der Waals surface area contributed by atoms with Crippen molar-refractivity contribution >= 4 is 0 Å². The zero-order chi connectivity index (χ0) is 12.4. The highest BCUT2D eigenvalue weighted by atomic mass is 16.5. The van der Waals surface area contributed by atoms with E-state index in [1.54, 1.807) is 13.3 Å². The smallest absolute Gasteiger partial charge is 0.221 e. The van der Waals surface area contributed by atoms with E-state index in [0.717, 1.165) is 36.3 Å². The summed E-state index contributed by atoms with van der Waals surface area (Å²) in [6.45, 7) is 0.822. The van der Waals surface area contributed by atoms with Crippen LogP contribution in [0.1, 0.15) is 12.0 Å². The fourth-order valence-electron chi connectivity index (χ4n) is 2.30. The van der Waals surface area contributed by atoms with Crippen molar-refractivity contribution in [3.05, 3.63) is 42.1 Å². The van der Waals surface area contributed by atoms with Crippen molar-refractivity contribution in [3.8, 4) is 22.8 Å². The number of pyridine rings is 1. The number of ether oxygens (including phenoxy) is 2. The largest absolute Gasteiger partial charge is 0.493 e. The minimum atomic E-state index is 0.661. The van der Waals surface area contributed by atoms with Gasteiger partial charge in [-0.3, -0.25) is 0 Å². The molecule has 3 nitrogen and oxygen atoms in total. The summed E-state index contributed by atoms with van der Waals surface area (Å²) in [5.41, 5.74) is 3.42. The Morgan fingerprint density at radius 1 is 1.28 bits per heavy atom. The van der Waals surface area contributed by atoms with Crippen molar-refractivity contribution in [2.45, 2.75) is 12.8 Å². The van der Waals surface area contributed by atoms with Crippen LogP contribution in [0.25, 0.3) is 11.1 Å². The molecule has 18 heavy (non-hydrogen) atoms. The summed E-state index contributed by atoms with van der Waals surface area (Å²) in [7, 11) is 1.65. The zero-order valence-electron chi connectivity index (χ0n) is 10.3. The molecule has 0 saturated carbocycles. The molecule has 0 atom stereocenters. The lowest BCUT2D eigenvalue weighted by molar-refractivity contribution is 0.288. The van der Waals surface area contributed by atoms with Gasteiger partial charge in [0.25, 0.3) is 0 Å². The van der Waals surface area contributed by atoms with Crippen LogP contribution in [-0.4, -0.2) is 18.7 Å². The zero-order valence-corrected chi connectivity index (χ0v) is 10.3. The molecule has 2 heterocycles. The maximum absolute atomic E-state index is 5.62. The molecule has 2 aromatic rings. The monoisotopic (exact) mass is 241 g/mol. The highest BCUT2D eigenvalue weighted by Gasteiger charge is 2.13. The van der Waals surface area contributed by atoms with Crippen molar-refractivity contribution in [1.82, 2.24) is 4.98 Å². The van der Waals surface area contributed by atoms with Crippen LogP contribution in [0.4, 0.5) is 0 Å². The summed E-state index contributed by atoms with van der Waals surface area (Å²) in [4.78, 5) is 4.23. The van der Waals surface area contributed by atoms with E-state index in [-0.39, 0.29) is 0 Å². The van der Waals surface area contributed by atoms with Crippen LogP contribution < -0.4 is 9.47 Å². The Morgan fingerprint density at radius 2 is 2.22 bits per heavy atom. The molecule has 0 N–H and O–H groups in total. The summed E-state index contributed by atoms with van der Waals surface area (Å²) < 4.78 is 10.9. The van der Waals surface area contributed by atoms with Crippen molar-refractivity contribution in [3.63, 3.8) is 0 Å². The number of hydrogen-bond donors (Lipinski definition) is 0. The predicted molar refractivity (Wildman–Crippen MR) is 70.0 cm³/mol. The van der Waals surface area contributed by atoms with Crippen molar-refractivity contribution < 1.29 is 9.47 Å². The molecule has 1 aromatic carbocycles. The van der Waals surface area contributed by atoms with E-state index < -0.39 is 0 Å². The lowest BCUT2D eigenvalue weighted by Crippen LogP contribution is -2.08. The maximum atomic E-state index is 5.62. The van der Waals surface area contributed by atoms with Gasteiger partial charge in [-0.15, -0.1) is 0 Å². The molecule has 1 aliphatic rings. The Hall–Kier alpha value is -2.03. The average molecular weight is 241 g/mol. The number of rotatable bonds is 2. The molecule has 0 radical (unpaired) electrons. The molecule has 0 bridgehead atoms. The van der Waals surface area contributed by atoms with Crippen LogP contribution in [0, 0.1) is 0 Å². The molecule has 1 aliphatic heterocycles. The van der Waals surface area contributed by atoms with Gasteiger partial charge in [0.05, 0.1) is 13.7 Å². The molecule has 0 saturated heterocycles. The van der Waals surface area contributed by atoms with Crippen LogP contribution in [0.5, 0.6) is 11.6 Å². The summed E-state index contributed by atoms with van der Waals surface area (Å²) in [5, 5.41) is 0. The van der Waals surface area contributed by atoms with Crippen LogP contribution >= 0.6 is 0 Å². The van der Waals surface area contributed by atoms with E-state index in [1.165, 1.54) is 5.56 Å². The average Bonchev–Trinajstić information content (AvgIpc) is 2.46. The molecule has 0 aliphatic carbocycles. The van der Waals surface area contributed by atoms with Crippen molar-refractivity contribution in [1.29, 1.82) is 0 Å². The van der Waals surface area contributed by atoms with Gasteiger partial charge in [-0.2, -0.15) is 0 Å². The van der Waals surface area contributed by atoms with Gasteiger partial charge in [0, 0.05) is 11.8 Å². The summed E-state index contributed by atoms with van der Waals surface area (Å²) in [5.74, 6) is 1.67. The fraction of sp³-hybridized carbons (Fsp3) is 0.267. The molecular weight excluding hydrogens is 226 g/mol. The Bertz CT molecular complexity index is 566. The van der Waals surface area contributed by atoms with E-state index in [9.17, 15) is 0 Å². The first-order valence-corrected chi connectivity index (χ1v) is 6.13. The highest BCUT2D eigenvalue weighted by molar-refractivity contribution is 5.70. The number of aryl methyl sites for hydroxylation is 1. The van der Waals surface area contributed by atoms with Crippen LogP contribution in [0.15, 0.2) is 36.5 Å². The van der Waals surface area contributed by atoms with E-state index >= 15 is 0 Å². The Labute approximate surface area is 106 Å². The highest BCUT2D eigenvalue weighted by Crippen LogP contribution is 2.33. The molecule has 3 heteroatoms. The molecule has 0 unspecified atom stereocenters. The number of methoxy groups -OCH3 is 1. The maximum Gasteiger partial charge on any atom is 0.221 e. The molecule has 0 spiro atoms. The molecule has 0 amide bonds. The minimum absolute atomic E-state index is 0.661. The SMILES string of the molecule is COc1ncccc1-c1ccc2c(c1)CCCO2. The Kier molecular flexibility index (Phi) is 2.89. The third-order valence-electron chi connectivity index (χ3n) is 3.18. The first kappa shape index (κ1) is 11.1. The van der Waals surface area contributed by atoms with E-state index in [0.29, 0.717) is 5.88 Å². The summed E-state index contributed by atoms with van der Waals surface area (Å²) in [6.07, 6.45) is 3.90. The van der Waals surface area contributed by atoms with Gasteiger partial charge >= 0.3 is 0 Å². The van der Waals surface area contributed by atoms with Crippen molar-refractivity contribution in [2.24, 2.45) is 0 Å². The summed E-state index contributed by atoms with van der Waals surface area (Å²) in [6, 6.07) is 10.2. The van der Waals surface area contributed by atoms with Crippen LogP contribution in [0.3, 0.4) is 0 Å². The minimum Gasteiger partial charge on any atom is -0.493 e. The third-order valence-corrected chi connectivity index (χ3v) is 3.18. The predicted octanol–water partition coefficient (Wildman–Crippen LogP) is 3.08. The van der Waals surface area contributed by atoms with E-state index in [4.69, 9.17) is 9.47 Å². The Morgan fingerprint density at radius 3 is 3.11 bits per heavy atom. The second-order valence-electron chi connectivity index (χ2n) is 4.33. The number of aromatic nitrogens is 1. The van der Waals surface area contributed by atoms with E-state index in [2.05, 4.69) is 17.1 Å². The van der Waals surface area contributed by atoms with Gasteiger partial charge in [0.1, 0.15) is 5.75 Å². The van der Waals surface area contributed by atoms with Crippen LogP contribution in [0.2, 0.25) is 0 Å². The van der Waals surface area contributed by atoms with Gasteiger partial charge in [-0.1, -0.05) is 6.07 Å². The number of nitrogens with zero attached hydrogens (tertiary/aromatic N) is 1. The second kappa shape index (κ2) is 4.69. The number of hydrogen-bond acceptors (Lipinski definition) is 3. The Balaban J connectivity index is 2.06. The standard InChI is InChI=1S/C15H15NO2/c1-17-15-13(5-2-8-16-15)11-6-7-14-12(10-11)4-3-9-18-14/h2,5-8,10H,3-4,9H2,1H3. The second-order valence-corrected chi connectivity index (χ2v) is 4.33. The number of benzene rings is 1. The molecular formula is C15H15NO2. The fourth-order valence-corrected chi connectivity index (χ4v) is 2.30. The van der Waals surface area contributed by atoms with Gasteiger partial charge in [0.2, 0.25) is 5.88 Å². The first-order valence-electron chi connectivity index (χ1n) is 6.13. The molecule has 1 aromatic heterocycles. The third kappa shape index (κ3) is 1.92. The summed E-state index contributed by atoms with van der Waals surface area (Å²) >= 11 is 0. The van der Waals surface area contributed by atoms with Crippen LogP contribution in [-0.2, 0) is 6.42 Å². The van der Waals surface area contributed by atoms with E-state index in [1.807, 2.05) is 18.2 Å². The first-order chi connectivity index (χ1) is 8.88. The normalized spacial score (nSPS) is 13.6. The number of fused-ring (bicyclic) bond motifs is 1. The van der Waals surface area contributed by atoms with Gasteiger partial charge in [0.15, 0.2) is 0 Å².